The molecular weight excluding hydrogens is 616 g/mol. The van der Waals surface area contributed by atoms with Crippen molar-refractivity contribution >= 4 is 59.3 Å². The molecule has 1 atom stereocenters. The Kier molecular flexibility index (Phi) is 7.94. The molecular formula is C31H29BrN6O3S. The number of hydrogen-bond acceptors (Lipinski definition) is 8. The molecule has 3 aromatic carbocycles. The summed E-state index contributed by atoms with van der Waals surface area (Å²) in [5.41, 5.74) is 11.9. The standard InChI is InChI=1S/C16H14N4OS.C15H15BrN2O2/c1-21-11-4-2-10(3-5-11)9-20-13-6-7-14-15(12(13)8-18-20)19-16(17)22-14;1-20-11-4-2-10(3-5-11)9-18-14-7-6-13(16)15(19)12(14)8-17-18/h2-8H,9H2,1H3,(H2,17,19);2-5,8,13H,6-7,9H2,1H3. The first-order valence-electron chi connectivity index (χ1n) is 13.4. The van der Waals surface area contributed by atoms with E-state index in [1.54, 1.807) is 20.4 Å². The Labute approximate surface area is 255 Å². The Balaban J connectivity index is 0.000000151. The van der Waals surface area contributed by atoms with Crippen LogP contribution < -0.4 is 15.2 Å². The first-order chi connectivity index (χ1) is 20.4. The fourth-order valence-electron chi connectivity index (χ4n) is 5.08. The number of thiazole rings is 1. The molecule has 1 aliphatic rings. The van der Waals surface area contributed by atoms with Crippen molar-refractivity contribution in [3.8, 4) is 11.5 Å². The summed E-state index contributed by atoms with van der Waals surface area (Å²) in [6, 6.07) is 20.0. The molecule has 0 radical (unpaired) electrons. The number of Topliss-reactive ketones (excluding diaryl/α,β-unsaturated/α-hetero) is 1. The molecule has 0 aliphatic heterocycles. The van der Waals surface area contributed by atoms with E-state index in [-0.39, 0.29) is 10.6 Å². The Morgan fingerprint density at radius 1 is 0.905 bits per heavy atom. The van der Waals surface area contributed by atoms with E-state index in [1.807, 2.05) is 64.1 Å². The highest BCUT2D eigenvalue weighted by Crippen LogP contribution is 2.31. The number of aromatic nitrogens is 5. The van der Waals surface area contributed by atoms with Crippen LogP contribution in [0.4, 0.5) is 5.13 Å². The lowest BCUT2D eigenvalue weighted by Gasteiger charge is -2.17. The van der Waals surface area contributed by atoms with E-state index < -0.39 is 0 Å². The summed E-state index contributed by atoms with van der Waals surface area (Å²) < 4.78 is 15.3. The molecule has 3 aromatic heterocycles. The molecule has 7 rings (SSSR count). The van der Waals surface area contributed by atoms with Gasteiger partial charge in [-0.05, 0) is 60.4 Å². The molecule has 9 nitrogen and oxygen atoms in total. The van der Waals surface area contributed by atoms with Crippen LogP contribution in [0.3, 0.4) is 0 Å². The molecule has 0 fully saturated rings. The van der Waals surface area contributed by atoms with Crippen LogP contribution in [0.2, 0.25) is 0 Å². The number of fused-ring (bicyclic) bond motifs is 4. The van der Waals surface area contributed by atoms with E-state index in [4.69, 9.17) is 15.2 Å². The fourth-order valence-corrected chi connectivity index (χ4v) is 6.30. The highest BCUT2D eigenvalue weighted by atomic mass is 79.9. The summed E-state index contributed by atoms with van der Waals surface area (Å²) in [5.74, 6) is 1.84. The van der Waals surface area contributed by atoms with Crippen LogP contribution in [0.5, 0.6) is 11.5 Å². The van der Waals surface area contributed by atoms with E-state index in [2.05, 4.69) is 43.2 Å². The van der Waals surface area contributed by atoms with Gasteiger partial charge in [-0.2, -0.15) is 10.2 Å². The summed E-state index contributed by atoms with van der Waals surface area (Å²) in [5, 5.41) is 10.5. The van der Waals surface area contributed by atoms with E-state index in [0.717, 1.165) is 62.3 Å². The van der Waals surface area contributed by atoms with E-state index >= 15 is 0 Å². The Bertz CT molecular complexity index is 1860. The third-order valence-corrected chi connectivity index (χ3v) is 9.04. The number of halogens is 1. The number of ketones is 1. The van der Waals surface area contributed by atoms with Crippen molar-refractivity contribution in [3.63, 3.8) is 0 Å². The van der Waals surface area contributed by atoms with Crippen molar-refractivity contribution in [2.45, 2.75) is 30.8 Å². The number of nitrogens with zero attached hydrogens (tertiary/aromatic N) is 5. The van der Waals surface area contributed by atoms with E-state index in [9.17, 15) is 4.79 Å². The molecule has 0 spiro atoms. The lowest BCUT2D eigenvalue weighted by Crippen LogP contribution is -2.23. The van der Waals surface area contributed by atoms with E-state index in [0.29, 0.717) is 18.2 Å². The molecule has 0 amide bonds. The molecule has 1 aliphatic carbocycles. The normalized spacial score (nSPS) is 14.5. The molecule has 0 saturated carbocycles. The molecule has 0 bridgehead atoms. The van der Waals surface area contributed by atoms with Crippen molar-refractivity contribution in [3.05, 3.63) is 95.4 Å². The van der Waals surface area contributed by atoms with Crippen LogP contribution in [0.25, 0.3) is 21.1 Å². The lowest BCUT2D eigenvalue weighted by atomic mass is 9.96. The highest BCUT2D eigenvalue weighted by Gasteiger charge is 2.28. The molecule has 42 heavy (non-hydrogen) atoms. The van der Waals surface area contributed by atoms with Gasteiger partial charge in [-0.1, -0.05) is 51.5 Å². The Morgan fingerprint density at radius 2 is 1.52 bits per heavy atom. The number of methoxy groups -OCH3 is 2. The summed E-state index contributed by atoms with van der Waals surface area (Å²) in [7, 11) is 3.32. The number of anilines is 1. The Morgan fingerprint density at radius 3 is 2.17 bits per heavy atom. The number of alkyl halides is 1. The molecule has 1 unspecified atom stereocenters. The third kappa shape index (κ3) is 5.62. The first kappa shape index (κ1) is 27.9. The van der Waals surface area contributed by atoms with Gasteiger partial charge in [-0.25, -0.2) is 4.98 Å². The van der Waals surface area contributed by atoms with Gasteiger partial charge in [-0.3, -0.25) is 14.2 Å². The second-order valence-electron chi connectivity index (χ2n) is 9.93. The largest absolute Gasteiger partial charge is 0.497 e. The molecule has 11 heteroatoms. The van der Waals surface area contributed by atoms with Crippen molar-refractivity contribution in [1.82, 2.24) is 24.5 Å². The van der Waals surface area contributed by atoms with Crippen LogP contribution in [0, 0.1) is 0 Å². The zero-order chi connectivity index (χ0) is 29.2. The molecule has 214 valence electrons. The SMILES string of the molecule is COc1ccc(Cn2ncc3c2CCC(Br)C3=O)cc1.COc1ccc(Cn2ncc3c4nc(N)sc4ccc32)cc1. The van der Waals surface area contributed by atoms with Gasteiger partial charge in [0.2, 0.25) is 0 Å². The average molecular weight is 646 g/mol. The minimum atomic E-state index is -0.0614. The first-order valence-corrected chi connectivity index (χ1v) is 15.2. The van der Waals surface area contributed by atoms with Gasteiger partial charge in [0.15, 0.2) is 10.9 Å². The summed E-state index contributed by atoms with van der Waals surface area (Å²) in [6.07, 6.45) is 5.27. The van der Waals surface area contributed by atoms with Gasteiger partial charge in [-0.15, -0.1) is 0 Å². The monoisotopic (exact) mass is 644 g/mol. The second-order valence-corrected chi connectivity index (χ2v) is 12.1. The average Bonchev–Trinajstić information content (AvgIpc) is 3.72. The van der Waals surface area contributed by atoms with Crippen LogP contribution >= 0.6 is 27.3 Å². The second kappa shape index (κ2) is 11.9. The van der Waals surface area contributed by atoms with Crippen molar-refractivity contribution < 1.29 is 14.3 Å². The Hall–Kier alpha value is -4.22. The predicted molar refractivity (Wildman–Crippen MR) is 169 cm³/mol. The molecule has 2 N–H and O–H groups in total. The molecule has 0 saturated heterocycles. The van der Waals surface area contributed by atoms with Gasteiger partial charge in [0.25, 0.3) is 0 Å². The maximum Gasteiger partial charge on any atom is 0.181 e. The number of ether oxygens (including phenoxy) is 2. The van der Waals surface area contributed by atoms with Crippen LogP contribution in [0.15, 0.2) is 73.1 Å². The van der Waals surface area contributed by atoms with Gasteiger partial charge >= 0.3 is 0 Å². The zero-order valence-corrected chi connectivity index (χ0v) is 25.6. The number of nitrogen functional groups attached to an aromatic ring is 1. The van der Waals surface area contributed by atoms with Gasteiger partial charge < -0.3 is 15.2 Å². The summed E-state index contributed by atoms with van der Waals surface area (Å²) in [4.78, 5) is 16.4. The molecule has 6 aromatic rings. The topological polar surface area (TPSA) is 110 Å². The zero-order valence-electron chi connectivity index (χ0n) is 23.2. The van der Waals surface area contributed by atoms with Crippen molar-refractivity contribution in [2.24, 2.45) is 0 Å². The fraction of sp³-hybridized carbons (Fsp3) is 0.226. The number of nitrogens with two attached hydrogens (primary N) is 1. The third-order valence-electron chi connectivity index (χ3n) is 7.31. The van der Waals surface area contributed by atoms with Crippen molar-refractivity contribution in [2.75, 3.05) is 20.0 Å². The smallest absolute Gasteiger partial charge is 0.181 e. The number of carbonyl (C=O) groups is 1. The van der Waals surface area contributed by atoms with Gasteiger partial charge in [0, 0.05) is 11.1 Å². The minimum absolute atomic E-state index is 0.0614. The van der Waals surface area contributed by atoms with Gasteiger partial charge in [0.05, 0.1) is 65.8 Å². The van der Waals surface area contributed by atoms with Gasteiger partial charge in [0.1, 0.15) is 11.5 Å². The highest BCUT2D eigenvalue weighted by molar-refractivity contribution is 9.10. The van der Waals surface area contributed by atoms with Crippen LogP contribution in [0.1, 0.15) is 33.6 Å². The number of carbonyl (C=O) groups excluding carboxylic acids is 1. The summed E-state index contributed by atoms with van der Waals surface area (Å²) in [6.45, 7) is 1.39. The predicted octanol–water partition coefficient (Wildman–Crippen LogP) is 6.12. The van der Waals surface area contributed by atoms with Crippen LogP contribution in [-0.2, 0) is 19.5 Å². The maximum atomic E-state index is 12.0. The van der Waals surface area contributed by atoms with Crippen molar-refractivity contribution in [1.29, 1.82) is 0 Å². The molecule has 3 heterocycles. The quantitative estimate of drug-likeness (QED) is 0.218. The van der Waals surface area contributed by atoms with E-state index in [1.165, 1.54) is 16.9 Å². The minimum Gasteiger partial charge on any atom is -0.497 e. The number of rotatable bonds is 6. The van der Waals surface area contributed by atoms with Crippen LogP contribution in [-0.4, -0.2) is 49.4 Å². The number of benzene rings is 3. The number of hydrogen-bond donors (Lipinski definition) is 1. The lowest BCUT2D eigenvalue weighted by molar-refractivity contribution is 0.0981. The maximum absolute atomic E-state index is 12.0. The summed E-state index contributed by atoms with van der Waals surface area (Å²) >= 11 is 4.92.